The van der Waals surface area contributed by atoms with Crippen molar-refractivity contribution in [1.82, 2.24) is 18.7 Å². The van der Waals surface area contributed by atoms with Gasteiger partial charge < -0.3 is 4.57 Å². The van der Waals surface area contributed by atoms with E-state index in [1.54, 1.807) is 0 Å². The Bertz CT molecular complexity index is 1250. The molecule has 0 saturated heterocycles. The summed E-state index contributed by atoms with van der Waals surface area (Å²) in [5.74, 6) is 1.98. The molecule has 0 radical (unpaired) electrons. The summed E-state index contributed by atoms with van der Waals surface area (Å²) in [6.07, 6.45) is 4.09. The third kappa shape index (κ3) is 3.79. The molecule has 0 aliphatic rings. The van der Waals surface area contributed by atoms with Crippen molar-refractivity contribution in [2.45, 2.75) is 46.3 Å². The minimum Gasteiger partial charge on any atom is -0.326 e. The Morgan fingerprint density at radius 3 is 2.67 bits per heavy atom. The lowest BCUT2D eigenvalue weighted by Gasteiger charge is -2.10. The molecule has 4 rings (SSSR count). The highest BCUT2D eigenvalue weighted by molar-refractivity contribution is 7.98. The van der Waals surface area contributed by atoms with Crippen molar-refractivity contribution in [3.63, 3.8) is 0 Å². The minimum atomic E-state index is 0.0295. The van der Waals surface area contributed by atoms with Crippen LogP contribution in [0, 0.1) is 6.92 Å². The molecule has 0 aliphatic heterocycles. The SMILES string of the molecule is CCCn1c(=O)n(Cc2nc3cc(Cl)ccc3n2CCCSC)c2cccc(C)c21. The van der Waals surface area contributed by atoms with E-state index in [9.17, 15) is 4.79 Å². The molecule has 0 amide bonds. The predicted octanol–water partition coefficient (Wildman–Crippen LogP) is 5.33. The molecular formula is C23H27ClN4OS. The Balaban J connectivity index is 1.86. The number of aryl methyl sites for hydroxylation is 3. The van der Waals surface area contributed by atoms with Crippen LogP contribution in [-0.4, -0.2) is 30.7 Å². The van der Waals surface area contributed by atoms with Crippen LogP contribution in [0.5, 0.6) is 0 Å². The second kappa shape index (κ2) is 8.90. The number of fused-ring (bicyclic) bond motifs is 2. The van der Waals surface area contributed by atoms with Gasteiger partial charge in [0, 0.05) is 18.1 Å². The van der Waals surface area contributed by atoms with Crippen LogP contribution in [0.25, 0.3) is 22.1 Å². The number of rotatable bonds is 8. The fourth-order valence-electron chi connectivity index (χ4n) is 4.17. The first-order valence-electron chi connectivity index (χ1n) is 10.4. The highest BCUT2D eigenvalue weighted by atomic mass is 35.5. The smallest absolute Gasteiger partial charge is 0.326 e. The Kier molecular flexibility index (Phi) is 6.25. The summed E-state index contributed by atoms with van der Waals surface area (Å²) in [6.45, 7) is 6.20. The van der Waals surface area contributed by atoms with E-state index in [0.717, 1.165) is 58.6 Å². The average molecular weight is 443 g/mol. The standard InChI is InChI=1S/C23H27ClN4OS/c1-4-11-27-22-16(2)7-5-8-20(22)28(23(27)29)15-21-25-18-14-17(24)9-10-19(18)26(21)12-6-13-30-3/h5,7-10,14H,4,6,11-13,15H2,1-3H3. The molecule has 0 bridgehead atoms. The van der Waals surface area contributed by atoms with Gasteiger partial charge in [0.25, 0.3) is 0 Å². The summed E-state index contributed by atoms with van der Waals surface area (Å²) in [6, 6.07) is 12.0. The Morgan fingerprint density at radius 2 is 1.90 bits per heavy atom. The van der Waals surface area contributed by atoms with Crippen LogP contribution < -0.4 is 5.69 Å². The first kappa shape index (κ1) is 21.1. The lowest BCUT2D eigenvalue weighted by atomic mass is 10.2. The summed E-state index contributed by atoms with van der Waals surface area (Å²) < 4.78 is 6.02. The predicted molar refractivity (Wildman–Crippen MR) is 128 cm³/mol. The average Bonchev–Trinajstić information content (AvgIpc) is 3.19. The zero-order valence-electron chi connectivity index (χ0n) is 17.7. The van der Waals surface area contributed by atoms with E-state index in [2.05, 4.69) is 30.7 Å². The molecule has 7 heteroatoms. The van der Waals surface area contributed by atoms with Gasteiger partial charge in [-0.15, -0.1) is 0 Å². The maximum absolute atomic E-state index is 13.3. The Labute approximate surface area is 185 Å². The topological polar surface area (TPSA) is 44.8 Å². The summed E-state index contributed by atoms with van der Waals surface area (Å²) in [5.41, 5.74) is 5.09. The van der Waals surface area contributed by atoms with E-state index in [-0.39, 0.29) is 5.69 Å². The minimum absolute atomic E-state index is 0.0295. The third-order valence-electron chi connectivity index (χ3n) is 5.51. The lowest BCUT2D eigenvalue weighted by Crippen LogP contribution is -2.26. The summed E-state index contributed by atoms with van der Waals surface area (Å²) in [5, 5.41) is 0.676. The molecule has 2 heterocycles. The monoisotopic (exact) mass is 442 g/mol. The first-order chi connectivity index (χ1) is 14.5. The molecule has 30 heavy (non-hydrogen) atoms. The van der Waals surface area contributed by atoms with Gasteiger partial charge in [0.1, 0.15) is 5.82 Å². The van der Waals surface area contributed by atoms with Crippen LogP contribution in [-0.2, 0) is 19.6 Å². The van der Waals surface area contributed by atoms with Crippen molar-refractivity contribution in [1.29, 1.82) is 0 Å². The molecule has 4 aromatic rings. The quantitative estimate of drug-likeness (QED) is 0.346. The van der Waals surface area contributed by atoms with Crippen molar-refractivity contribution in [2.24, 2.45) is 0 Å². The second-order valence-electron chi connectivity index (χ2n) is 7.62. The third-order valence-corrected chi connectivity index (χ3v) is 6.44. The number of thioether (sulfide) groups is 1. The molecule has 0 saturated carbocycles. The van der Waals surface area contributed by atoms with Crippen molar-refractivity contribution >= 4 is 45.4 Å². The molecule has 0 N–H and O–H groups in total. The van der Waals surface area contributed by atoms with Gasteiger partial charge in [-0.25, -0.2) is 9.78 Å². The van der Waals surface area contributed by atoms with Gasteiger partial charge in [-0.2, -0.15) is 11.8 Å². The van der Waals surface area contributed by atoms with Gasteiger partial charge in [-0.3, -0.25) is 9.13 Å². The normalized spacial score (nSPS) is 11.7. The van der Waals surface area contributed by atoms with Crippen molar-refractivity contribution in [2.75, 3.05) is 12.0 Å². The fourth-order valence-corrected chi connectivity index (χ4v) is 4.76. The maximum atomic E-state index is 13.3. The molecule has 0 aliphatic carbocycles. The van der Waals surface area contributed by atoms with Crippen LogP contribution in [0.4, 0.5) is 0 Å². The lowest BCUT2D eigenvalue weighted by molar-refractivity contribution is 0.600. The van der Waals surface area contributed by atoms with Gasteiger partial charge in [-0.1, -0.05) is 30.7 Å². The number of benzene rings is 2. The number of nitrogens with zero attached hydrogens (tertiary/aromatic N) is 4. The van der Waals surface area contributed by atoms with Crippen LogP contribution in [0.1, 0.15) is 31.2 Å². The van der Waals surface area contributed by atoms with Crippen LogP contribution in [0.15, 0.2) is 41.2 Å². The molecule has 0 atom stereocenters. The van der Waals surface area contributed by atoms with Gasteiger partial charge >= 0.3 is 5.69 Å². The van der Waals surface area contributed by atoms with Gasteiger partial charge in [0.15, 0.2) is 0 Å². The van der Waals surface area contributed by atoms with Gasteiger partial charge in [0.05, 0.1) is 28.6 Å². The fraction of sp³-hybridized carbons (Fsp3) is 0.391. The number of aromatic nitrogens is 4. The Morgan fingerprint density at radius 1 is 1.07 bits per heavy atom. The number of halogens is 1. The van der Waals surface area contributed by atoms with Crippen molar-refractivity contribution in [3.8, 4) is 0 Å². The van der Waals surface area contributed by atoms with Crippen LogP contribution in [0.2, 0.25) is 5.02 Å². The van der Waals surface area contributed by atoms with E-state index < -0.39 is 0 Å². The van der Waals surface area contributed by atoms with E-state index in [0.29, 0.717) is 18.1 Å². The molecule has 2 aromatic carbocycles. The molecule has 158 valence electrons. The van der Waals surface area contributed by atoms with E-state index in [1.165, 1.54) is 0 Å². The highest BCUT2D eigenvalue weighted by Gasteiger charge is 2.18. The zero-order chi connectivity index (χ0) is 21.3. The van der Waals surface area contributed by atoms with Crippen molar-refractivity contribution in [3.05, 3.63) is 63.3 Å². The largest absolute Gasteiger partial charge is 0.329 e. The number of imidazole rings is 2. The molecule has 2 aromatic heterocycles. The highest BCUT2D eigenvalue weighted by Crippen LogP contribution is 2.24. The van der Waals surface area contributed by atoms with E-state index in [1.807, 2.05) is 51.2 Å². The summed E-state index contributed by atoms with van der Waals surface area (Å²) >= 11 is 8.06. The van der Waals surface area contributed by atoms with Gasteiger partial charge in [0.2, 0.25) is 0 Å². The molecule has 0 spiro atoms. The molecular weight excluding hydrogens is 416 g/mol. The van der Waals surface area contributed by atoms with Gasteiger partial charge in [-0.05, 0) is 61.6 Å². The van der Waals surface area contributed by atoms with Crippen LogP contribution >= 0.6 is 23.4 Å². The summed E-state index contributed by atoms with van der Waals surface area (Å²) in [7, 11) is 0. The second-order valence-corrected chi connectivity index (χ2v) is 9.04. The maximum Gasteiger partial charge on any atom is 0.329 e. The summed E-state index contributed by atoms with van der Waals surface area (Å²) in [4.78, 5) is 18.2. The molecule has 0 fully saturated rings. The molecule has 5 nitrogen and oxygen atoms in total. The number of hydrogen-bond acceptors (Lipinski definition) is 3. The zero-order valence-corrected chi connectivity index (χ0v) is 19.3. The van der Waals surface area contributed by atoms with Crippen molar-refractivity contribution < 1.29 is 0 Å². The van der Waals surface area contributed by atoms with E-state index in [4.69, 9.17) is 16.6 Å². The molecule has 0 unspecified atom stereocenters. The number of hydrogen-bond donors (Lipinski definition) is 0. The first-order valence-corrected chi connectivity index (χ1v) is 12.1. The van der Waals surface area contributed by atoms with Crippen LogP contribution in [0.3, 0.4) is 0 Å². The Hall–Kier alpha value is -2.18. The number of para-hydroxylation sites is 1. The van der Waals surface area contributed by atoms with E-state index >= 15 is 0 Å².